The zero-order valence-corrected chi connectivity index (χ0v) is 19.7. The SMILES string of the molecule is COc1ccc(S(=O)(=O)NC(Cc2ccccc2)C(=O)Nc2ccc3c(c2)OCCO3)cc1C. The number of hydrogen-bond donors (Lipinski definition) is 2. The molecule has 1 unspecified atom stereocenters. The van der Waals surface area contributed by atoms with Gasteiger partial charge in [0.05, 0.1) is 12.0 Å². The minimum atomic E-state index is -3.99. The smallest absolute Gasteiger partial charge is 0.242 e. The van der Waals surface area contributed by atoms with Gasteiger partial charge in [-0.15, -0.1) is 0 Å². The number of benzene rings is 3. The van der Waals surface area contributed by atoms with Crippen LogP contribution in [0.4, 0.5) is 5.69 Å². The summed E-state index contributed by atoms with van der Waals surface area (Å²) in [7, 11) is -2.47. The molecule has 8 nitrogen and oxygen atoms in total. The van der Waals surface area contributed by atoms with Gasteiger partial charge in [-0.1, -0.05) is 30.3 Å². The minimum absolute atomic E-state index is 0.0518. The average molecular weight is 483 g/mol. The Kier molecular flexibility index (Phi) is 7.04. The molecule has 9 heteroatoms. The summed E-state index contributed by atoms with van der Waals surface area (Å²) in [5.41, 5.74) is 1.97. The Bertz CT molecular complexity index is 1280. The summed E-state index contributed by atoms with van der Waals surface area (Å²) in [6.45, 7) is 2.64. The van der Waals surface area contributed by atoms with Gasteiger partial charge in [-0.2, -0.15) is 4.72 Å². The third kappa shape index (κ3) is 5.49. The van der Waals surface area contributed by atoms with E-state index in [4.69, 9.17) is 14.2 Å². The molecule has 3 aromatic carbocycles. The van der Waals surface area contributed by atoms with Crippen LogP contribution in [-0.2, 0) is 21.2 Å². The van der Waals surface area contributed by atoms with Crippen LogP contribution in [0.2, 0.25) is 0 Å². The van der Waals surface area contributed by atoms with Gasteiger partial charge in [0.2, 0.25) is 15.9 Å². The molecule has 0 spiro atoms. The highest BCUT2D eigenvalue weighted by molar-refractivity contribution is 7.89. The van der Waals surface area contributed by atoms with E-state index < -0.39 is 22.0 Å². The summed E-state index contributed by atoms with van der Waals surface area (Å²) in [6.07, 6.45) is 0.172. The molecule has 2 N–H and O–H groups in total. The highest BCUT2D eigenvalue weighted by Gasteiger charge is 2.27. The number of sulfonamides is 1. The average Bonchev–Trinajstić information content (AvgIpc) is 2.84. The summed E-state index contributed by atoms with van der Waals surface area (Å²) in [5.74, 6) is 1.21. The molecule has 0 saturated carbocycles. The Morgan fingerprint density at radius 2 is 1.74 bits per heavy atom. The first-order chi connectivity index (χ1) is 16.4. The molecular weight excluding hydrogens is 456 g/mol. The lowest BCUT2D eigenvalue weighted by molar-refractivity contribution is -0.117. The summed E-state index contributed by atoms with van der Waals surface area (Å²) < 4.78 is 45.2. The topological polar surface area (TPSA) is 103 Å². The van der Waals surface area contributed by atoms with Crippen LogP contribution in [0.5, 0.6) is 17.2 Å². The first kappa shape index (κ1) is 23.6. The number of anilines is 1. The van der Waals surface area contributed by atoms with Crippen LogP contribution >= 0.6 is 0 Å². The molecule has 0 radical (unpaired) electrons. The van der Waals surface area contributed by atoms with E-state index in [2.05, 4.69) is 10.0 Å². The maximum absolute atomic E-state index is 13.2. The van der Waals surface area contributed by atoms with E-state index >= 15 is 0 Å². The van der Waals surface area contributed by atoms with Crippen molar-refractivity contribution in [1.29, 1.82) is 0 Å². The Balaban J connectivity index is 1.58. The van der Waals surface area contributed by atoms with Gasteiger partial charge in [0.1, 0.15) is 25.0 Å². The van der Waals surface area contributed by atoms with Gasteiger partial charge >= 0.3 is 0 Å². The number of methoxy groups -OCH3 is 1. The van der Waals surface area contributed by atoms with Crippen molar-refractivity contribution in [3.05, 3.63) is 77.9 Å². The van der Waals surface area contributed by atoms with Crippen LogP contribution in [0.15, 0.2) is 71.6 Å². The van der Waals surface area contributed by atoms with E-state index in [1.165, 1.54) is 19.2 Å². The molecule has 0 bridgehead atoms. The van der Waals surface area contributed by atoms with Crippen molar-refractivity contribution in [3.63, 3.8) is 0 Å². The largest absolute Gasteiger partial charge is 0.496 e. The molecule has 1 aliphatic heterocycles. The Hall–Kier alpha value is -3.56. The van der Waals surface area contributed by atoms with Crippen molar-refractivity contribution < 1.29 is 27.4 Å². The predicted octanol–water partition coefficient (Wildman–Crippen LogP) is 3.30. The fourth-order valence-electron chi connectivity index (χ4n) is 3.66. The second-order valence-corrected chi connectivity index (χ2v) is 9.56. The van der Waals surface area contributed by atoms with Crippen molar-refractivity contribution in [2.75, 3.05) is 25.6 Å². The number of amides is 1. The number of carbonyl (C=O) groups excluding carboxylic acids is 1. The lowest BCUT2D eigenvalue weighted by atomic mass is 10.1. The number of hydrogen-bond acceptors (Lipinski definition) is 6. The van der Waals surface area contributed by atoms with Crippen LogP contribution in [0.3, 0.4) is 0 Å². The van der Waals surface area contributed by atoms with Crippen LogP contribution in [0.25, 0.3) is 0 Å². The second-order valence-electron chi connectivity index (χ2n) is 7.84. The Morgan fingerprint density at radius 3 is 2.44 bits per heavy atom. The molecule has 178 valence electrons. The number of ether oxygens (including phenoxy) is 3. The van der Waals surface area contributed by atoms with Crippen LogP contribution in [0.1, 0.15) is 11.1 Å². The summed E-state index contributed by atoms with van der Waals surface area (Å²) in [6, 6.07) is 17.8. The number of fused-ring (bicyclic) bond motifs is 1. The zero-order valence-electron chi connectivity index (χ0n) is 18.9. The standard InChI is InChI=1S/C25H26N2O6S/c1-17-14-20(9-11-22(17)31-2)34(29,30)27-21(15-18-6-4-3-5-7-18)25(28)26-19-8-10-23-24(16-19)33-13-12-32-23/h3-11,14,16,21,27H,12-13,15H2,1-2H3,(H,26,28). The van der Waals surface area contributed by atoms with E-state index in [1.54, 1.807) is 31.2 Å². The van der Waals surface area contributed by atoms with E-state index in [-0.39, 0.29) is 11.3 Å². The predicted molar refractivity (Wildman–Crippen MR) is 128 cm³/mol. The number of aryl methyl sites for hydroxylation is 1. The van der Waals surface area contributed by atoms with E-state index in [0.717, 1.165) is 5.56 Å². The normalized spacial score (nSPS) is 13.7. The van der Waals surface area contributed by atoms with E-state index in [1.807, 2.05) is 30.3 Å². The van der Waals surface area contributed by atoms with Gasteiger partial charge in [0.15, 0.2) is 11.5 Å². The molecule has 1 atom stereocenters. The summed E-state index contributed by atoms with van der Waals surface area (Å²) >= 11 is 0. The molecule has 0 aliphatic carbocycles. The van der Waals surface area contributed by atoms with Gasteiger partial charge in [-0.05, 0) is 54.8 Å². The quantitative estimate of drug-likeness (QED) is 0.511. The summed E-state index contributed by atoms with van der Waals surface area (Å²) in [4.78, 5) is 13.3. The molecule has 0 fully saturated rings. The molecule has 4 rings (SSSR count). The third-order valence-corrected chi connectivity index (χ3v) is 6.85. The van der Waals surface area contributed by atoms with Crippen molar-refractivity contribution in [1.82, 2.24) is 4.72 Å². The fourth-order valence-corrected chi connectivity index (χ4v) is 4.94. The highest BCUT2D eigenvalue weighted by atomic mass is 32.2. The molecule has 1 aliphatic rings. The number of nitrogens with one attached hydrogen (secondary N) is 2. The Labute approximate surface area is 198 Å². The first-order valence-corrected chi connectivity index (χ1v) is 12.3. The Morgan fingerprint density at radius 1 is 1.00 bits per heavy atom. The van der Waals surface area contributed by atoms with Crippen LogP contribution in [0, 0.1) is 6.92 Å². The molecule has 1 amide bonds. The van der Waals surface area contributed by atoms with Gasteiger partial charge in [-0.3, -0.25) is 4.79 Å². The van der Waals surface area contributed by atoms with Crippen LogP contribution < -0.4 is 24.2 Å². The molecule has 1 heterocycles. The van der Waals surface area contributed by atoms with E-state index in [9.17, 15) is 13.2 Å². The number of carbonyl (C=O) groups is 1. The maximum atomic E-state index is 13.2. The van der Waals surface area contributed by atoms with Gasteiger partial charge < -0.3 is 19.5 Å². The molecule has 3 aromatic rings. The van der Waals surface area contributed by atoms with Crippen molar-refractivity contribution in [3.8, 4) is 17.2 Å². The van der Waals surface area contributed by atoms with Gasteiger partial charge in [-0.25, -0.2) is 8.42 Å². The van der Waals surface area contributed by atoms with Gasteiger partial charge in [0, 0.05) is 11.8 Å². The van der Waals surface area contributed by atoms with Crippen molar-refractivity contribution in [2.45, 2.75) is 24.3 Å². The molecule has 34 heavy (non-hydrogen) atoms. The monoisotopic (exact) mass is 482 g/mol. The minimum Gasteiger partial charge on any atom is -0.496 e. The first-order valence-electron chi connectivity index (χ1n) is 10.8. The van der Waals surface area contributed by atoms with Crippen LogP contribution in [-0.4, -0.2) is 40.7 Å². The third-order valence-electron chi connectivity index (χ3n) is 5.38. The lowest BCUT2D eigenvalue weighted by Crippen LogP contribution is -2.45. The fraction of sp³-hybridized carbons (Fsp3) is 0.240. The van der Waals surface area contributed by atoms with Gasteiger partial charge in [0.25, 0.3) is 0 Å². The summed E-state index contributed by atoms with van der Waals surface area (Å²) in [5, 5.41) is 2.79. The maximum Gasteiger partial charge on any atom is 0.242 e. The second kappa shape index (κ2) is 10.1. The lowest BCUT2D eigenvalue weighted by Gasteiger charge is -2.21. The molecule has 0 aromatic heterocycles. The van der Waals surface area contributed by atoms with Crippen molar-refractivity contribution >= 4 is 21.6 Å². The van der Waals surface area contributed by atoms with Crippen molar-refractivity contribution in [2.24, 2.45) is 0 Å². The molecule has 0 saturated heterocycles. The zero-order chi connectivity index (χ0) is 24.1. The highest BCUT2D eigenvalue weighted by Crippen LogP contribution is 2.32. The number of rotatable bonds is 8. The van der Waals surface area contributed by atoms with E-state index in [0.29, 0.717) is 41.7 Å². The molecular formula is C25H26N2O6S.